The summed E-state index contributed by atoms with van der Waals surface area (Å²) in [6.45, 7) is 5.44. The number of methoxy groups -OCH3 is 1. The molecular formula is C22H23BrN2O4. The molecule has 6 nitrogen and oxygen atoms in total. The number of rotatable bonds is 8. The lowest BCUT2D eigenvalue weighted by molar-refractivity contribution is 0.0601. The summed E-state index contributed by atoms with van der Waals surface area (Å²) in [5, 5.41) is 4.65. The smallest absolute Gasteiger partial charge is 0.337 e. The molecule has 0 aliphatic carbocycles. The molecule has 1 aromatic heterocycles. The first-order valence-corrected chi connectivity index (χ1v) is 10.1. The van der Waals surface area contributed by atoms with Gasteiger partial charge in [0, 0.05) is 16.1 Å². The highest BCUT2D eigenvalue weighted by molar-refractivity contribution is 9.10. The van der Waals surface area contributed by atoms with E-state index in [1.165, 1.54) is 7.11 Å². The summed E-state index contributed by atoms with van der Waals surface area (Å²) in [5.41, 5.74) is 3.08. The molecule has 0 saturated heterocycles. The van der Waals surface area contributed by atoms with E-state index in [0.29, 0.717) is 31.2 Å². The predicted octanol–water partition coefficient (Wildman–Crippen LogP) is 4.89. The number of aromatic nitrogens is 2. The van der Waals surface area contributed by atoms with E-state index in [0.717, 1.165) is 27.0 Å². The van der Waals surface area contributed by atoms with Crippen molar-refractivity contribution in [3.05, 3.63) is 64.1 Å². The van der Waals surface area contributed by atoms with Crippen LogP contribution in [0.4, 0.5) is 0 Å². The second-order valence-electron chi connectivity index (χ2n) is 6.35. The van der Waals surface area contributed by atoms with Crippen LogP contribution in [-0.4, -0.2) is 36.1 Å². The second kappa shape index (κ2) is 9.60. The maximum atomic E-state index is 11.8. The molecule has 0 N–H and O–H groups in total. The number of aryl methyl sites for hydroxylation is 1. The highest BCUT2D eigenvalue weighted by Crippen LogP contribution is 2.25. The average molecular weight is 459 g/mol. The van der Waals surface area contributed by atoms with E-state index in [1.807, 2.05) is 44.2 Å². The molecule has 3 rings (SSSR count). The number of benzene rings is 2. The molecule has 0 aliphatic rings. The third-order valence-electron chi connectivity index (χ3n) is 4.31. The third-order valence-corrected chi connectivity index (χ3v) is 4.81. The normalized spacial score (nSPS) is 10.6. The van der Waals surface area contributed by atoms with E-state index in [4.69, 9.17) is 14.2 Å². The standard InChI is InChI=1S/C22H23BrN2O4/c1-4-28-21-14-19(16-6-5-7-17(13-16)22(26)27-3)24-25(21)10-11-29-20-9-8-18(23)12-15(20)2/h5-9,12-14H,4,10-11H2,1-3H3. The minimum absolute atomic E-state index is 0.380. The van der Waals surface area contributed by atoms with Gasteiger partial charge in [-0.3, -0.25) is 0 Å². The number of nitrogens with zero attached hydrogens (tertiary/aromatic N) is 2. The Hall–Kier alpha value is -2.80. The van der Waals surface area contributed by atoms with Gasteiger partial charge in [0.15, 0.2) is 0 Å². The minimum Gasteiger partial charge on any atom is -0.491 e. The first-order valence-electron chi connectivity index (χ1n) is 9.30. The second-order valence-corrected chi connectivity index (χ2v) is 7.27. The Labute approximate surface area is 178 Å². The van der Waals surface area contributed by atoms with Crippen LogP contribution in [0.25, 0.3) is 11.3 Å². The van der Waals surface area contributed by atoms with E-state index in [2.05, 4.69) is 21.0 Å². The fraction of sp³-hybridized carbons (Fsp3) is 0.273. The average Bonchev–Trinajstić information content (AvgIpc) is 3.12. The maximum absolute atomic E-state index is 11.8. The van der Waals surface area contributed by atoms with Gasteiger partial charge in [-0.25, -0.2) is 9.48 Å². The van der Waals surface area contributed by atoms with Gasteiger partial charge in [0.25, 0.3) is 0 Å². The number of halogens is 1. The number of hydrogen-bond acceptors (Lipinski definition) is 5. The van der Waals surface area contributed by atoms with Crippen LogP contribution < -0.4 is 9.47 Å². The van der Waals surface area contributed by atoms with Crippen LogP contribution in [-0.2, 0) is 11.3 Å². The number of esters is 1. The van der Waals surface area contributed by atoms with Crippen molar-refractivity contribution < 1.29 is 19.0 Å². The molecule has 0 radical (unpaired) electrons. The lowest BCUT2D eigenvalue weighted by Crippen LogP contribution is -2.12. The molecule has 0 bridgehead atoms. The van der Waals surface area contributed by atoms with E-state index < -0.39 is 0 Å². The molecule has 0 fully saturated rings. The van der Waals surface area contributed by atoms with Gasteiger partial charge in [0.05, 0.1) is 31.5 Å². The van der Waals surface area contributed by atoms with Crippen LogP contribution in [0.5, 0.6) is 11.6 Å². The fourth-order valence-electron chi connectivity index (χ4n) is 2.91. The van der Waals surface area contributed by atoms with E-state index in [9.17, 15) is 4.79 Å². The Balaban J connectivity index is 1.77. The molecule has 152 valence electrons. The van der Waals surface area contributed by atoms with Crippen molar-refractivity contribution in [2.45, 2.75) is 20.4 Å². The van der Waals surface area contributed by atoms with Crippen molar-refractivity contribution >= 4 is 21.9 Å². The maximum Gasteiger partial charge on any atom is 0.337 e. The Kier molecular flexibility index (Phi) is 6.93. The topological polar surface area (TPSA) is 62.6 Å². The van der Waals surface area contributed by atoms with Crippen LogP contribution in [0.15, 0.2) is 53.0 Å². The van der Waals surface area contributed by atoms with Gasteiger partial charge in [0.2, 0.25) is 5.88 Å². The van der Waals surface area contributed by atoms with Gasteiger partial charge < -0.3 is 14.2 Å². The van der Waals surface area contributed by atoms with Gasteiger partial charge in [-0.15, -0.1) is 0 Å². The van der Waals surface area contributed by atoms with E-state index >= 15 is 0 Å². The van der Waals surface area contributed by atoms with Crippen molar-refractivity contribution in [2.75, 3.05) is 20.3 Å². The first-order chi connectivity index (χ1) is 14.0. The minimum atomic E-state index is -0.380. The zero-order chi connectivity index (χ0) is 20.8. The molecule has 0 spiro atoms. The summed E-state index contributed by atoms with van der Waals surface area (Å²) >= 11 is 3.46. The summed E-state index contributed by atoms with van der Waals surface area (Å²) < 4.78 is 19.2. The highest BCUT2D eigenvalue weighted by Gasteiger charge is 2.13. The molecule has 0 atom stereocenters. The van der Waals surface area contributed by atoms with Gasteiger partial charge in [-0.05, 0) is 49.7 Å². The zero-order valence-corrected chi connectivity index (χ0v) is 18.2. The summed E-state index contributed by atoms with van der Waals surface area (Å²) in [6.07, 6.45) is 0. The first kappa shape index (κ1) is 20.9. The predicted molar refractivity (Wildman–Crippen MR) is 115 cm³/mol. The monoisotopic (exact) mass is 458 g/mol. The third kappa shape index (κ3) is 5.17. The van der Waals surface area contributed by atoms with Gasteiger partial charge in [-0.2, -0.15) is 5.10 Å². The van der Waals surface area contributed by atoms with Gasteiger partial charge in [-0.1, -0.05) is 28.1 Å². The van der Waals surface area contributed by atoms with Crippen LogP contribution in [0.1, 0.15) is 22.8 Å². The SMILES string of the molecule is CCOc1cc(-c2cccc(C(=O)OC)c2)nn1CCOc1ccc(Br)cc1C. The Bertz CT molecular complexity index is 1000. The molecule has 1 heterocycles. The summed E-state index contributed by atoms with van der Waals surface area (Å²) in [7, 11) is 1.37. The van der Waals surface area contributed by atoms with Crippen molar-refractivity contribution in [1.29, 1.82) is 0 Å². The Morgan fingerprint density at radius 3 is 2.69 bits per heavy atom. The molecule has 0 aliphatic heterocycles. The highest BCUT2D eigenvalue weighted by atomic mass is 79.9. The van der Waals surface area contributed by atoms with Crippen molar-refractivity contribution in [3.63, 3.8) is 0 Å². The lowest BCUT2D eigenvalue weighted by Gasteiger charge is -2.11. The Morgan fingerprint density at radius 2 is 1.97 bits per heavy atom. The summed E-state index contributed by atoms with van der Waals surface area (Å²) in [4.78, 5) is 11.8. The molecule has 0 unspecified atom stereocenters. The Morgan fingerprint density at radius 1 is 1.14 bits per heavy atom. The van der Waals surface area contributed by atoms with Gasteiger partial charge >= 0.3 is 5.97 Å². The van der Waals surface area contributed by atoms with E-state index in [1.54, 1.807) is 22.9 Å². The largest absolute Gasteiger partial charge is 0.491 e. The quantitative estimate of drug-likeness (QED) is 0.449. The summed E-state index contributed by atoms with van der Waals surface area (Å²) in [5.74, 6) is 1.11. The van der Waals surface area contributed by atoms with Gasteiger partial charge in [0.1, 0.15) is 12.4 Å². The molecule has 0 amide bonds. The molecule has 3 aromatic rings. The van der Waals surface area contributed by atoms with Crippen LogP contribution in [0.3, 0.4) is 0 Å². The van der Waals surface area contributed by atoms with Crippen molar-refractivity contribution in [2.24, 2.45) is 0 Å². The molecule has 0 saturated carbocycles. The number of hydrogen-bond donors (Lipinski definition) is 0. The number of carbonyl (C=O) groups is 1. The van der Waals surface area contributed by atoms with Crippen molar-refractivity contribution in [3.8, 4) is 22.9 Å². The fourth-order valence-corrected chi connectivity index (χ4v) is 3.38. The van der Waals surface area contributed by atoms with Crippen LogP contribution in [0, 0.1) is 6.92 Å². The van der Waals surface area contributed by atoms with Crippen LogP contribution in [0.2, 0.25) is 0 Å². The number of carbonyl (C=O) groups excluding carboxylic acids is 1. The molecule has 2 aromatic carbocycles. The summed E-state index contributed by atoms with van der Waals surface area (Å²) in [6, 6.07) is 15.0. The lowest BCUT2D eigenvalue weighted by atomic mass is 10.1. The van der Waals surface area contributed by atoms with Crippen LogP contribution >= 0.6 is 15.9 Å². The molecule has 29 heavy (non-hydrogen) atoms. The zero-order valence-electron chi connectivity index (χ0n) is 16.6. The number of ether oxygens (including phenoxy) is 3. The molecular weight excluding hydrogens is 436 g/mol. The van der Waals surface area contributed by atoms with E-state index in [-0.39, 0.29) is 5.97 Å². The molecule has 7 heteroatoms. The van der Waals surface area contributed by atoms with Crippen molar-refractivity contribution in [1.82, 2.24) is 9.78 Å².